The van der Waals surface area contributed by atoms with Crippen LogP contribution in [0.2, 0.25) is 5.02 Å². The van der Waals surface area contributed by atoms with Crippen LogP contribution in [0.15, 0.2) is 18.2 Å². The molecule has 0 unspecified atom stereocenters. The second-order valence-corrected chi connectivity index (χ2v) is 7.19. The Hall–Kier alpha value is -1.13. The van der Waals surface area contributed by atoms with E-state index in [2.05, 4.69) is 10.3 Å². The molecule has 0 bridgehead atoms. The Labute approximate surface area is 133 Å². The number of anilines is 1. The first kappa shape index (κ1) is 14.8. The number of benzene rings is 1. The lowest BCUT2D eigenvalue weighted by Crippen LogP contribution is -2.14. The summed E-state index contributed by atoms with van der Waals surface area (Å²) in [5.74, 6) is 0.810. The van der Waals surface area contributed by atoms with E-state index in [1.807, 2.05) is 18.2 Å². The molecule has 1 N–H and O–H groups in total. The molecular weight excluding hydrogens is 304 g/mol. The van der Waals surface area contributed by atoms with Crippen LogP contribution in [-0.2, 0) is 4.79 Å². The van der Waals surface area contributed by atoms with Crippen LogP contribution in [-0.4, -0.2) is 10.9 Å². The number of nitrogens with one attached hydrogen (secondary N) is 1. The molecule has 5 heteroatoms. The summed E-state index contributed by atoms with van der Waals surface area (Å²) < 4.78 is 1.00. The second kappa shape index (κ2) is 6.75. The third-order valence-corrected chi connectivity index (χ3v) is 5.27. The summed E-state index contributed by atoms with van der Waals surface area (Å²) in [6, 6.07) is 5.58. The van der Waals surface area contributed by atoms with Gasteiger partial charge in [0.05, 0.1) is 10.2 Å². The van der Waals surface area contributed by atoms with Gasteiger partial charge in [-0.15, -0.1) is 0 Å². The maximum Gasteiger partial charge on any atom is 0.226 e. The van der Waals surface area contributed by atoms with Crippen LogP contribution in [0, 0.1) is 5.92 Å². The number of hydrogen-bond acceptors (Lipinski definition) is 3. The molecule has 3 nitrogen and oxygen atoms in total. The molecule has 1 heterocycles. The Morgan fingerprint density at radius 3 is 2.95 bits per heavy atom. The van der Waals surface area contributed by atoms with E-state index in [1.165, 1.54) is 43.4 Å². The molecule has 0 aliphatic heterocycles. The van der Waals surface area contributed by atoms with E-state index in [0.717, 1.165) is 22.6 Å². The van der Waals surface area contributed by atoms with Gasteiger partial charge in [-0.2, -0.15) is 0 Å². The predicted molar refractivity (Wildman–Crippen MR) is 89.1 cm³/mol. The molecule has 0 spiro atoms. The number of carbonyl (C=O) groups excluding carboxylic acids is 1. The highest BCUT2D eigenvalue weighted by Crippen LogP contribution is 2.29. The molecule has 21 heavy (non-hydrogen) atoms. The van der Waals surface area contributed by atoms with Crippen molar-refractivity contribution in [3.8, 4) is 0 Å². The van der Waals surface area contributed by atoms with E-state index in [0.29, 0.717) is 16.6 Å². The van der Waals surface area contributed by atoms with Gasteiger partial charge in [0.25, 0.3) is 0 Å². The van der Waals surface area contributed by atoms with E-state index >= 15 is 0 Å². The van der Waals surface area contributed by atoms with E-state index in [4.69, 9.17) is 11.6 Å². The van der Waals surface area contributed by atoms with Gasteiger partial charge in [0, 0.05) is 11.4 Å². The number of carbonyl (C=O) groups is 1. The highest BCUT2D eigenvalue weighted by atomic mass is 35.5. The van der Waals surface area contributed by atoms with Gasteiger partial charge in [-0.3, -0.25) is 4.79 Å². The standard InChI is InChI=1S/C16H19ClN2OS/c17-12-7-8-13-14(10-12)21-16(18-13)19-15(20)9-6-11-4-2-1-3-5-11/h7-8,10-11H,1-6,9H2,(H,18,19,20). The number of amides is 1. The van der Waals surface area contributed by atoms with Gasteiger partial charge < -0.3 is 5.32 Å². The molecular formula is C16H19ClN2OS. The zero-order valence-corrected chi connectivity index (χ0v) is 13.5. The normalized spacial score (nSPS) is 16.2. The molecule has 1 saturated carbocycles. The van der Waals surface area contributed by atoms with Crippen molar-refractivity contribution < 1.29 is 4.79 Å². The van der Waals surface area contributed by atoms with Crippen LogP contribution in [0.1, 0.15) is 44.9 Å². The minimum atomic E-state index is 0.0747. The van der Waals surface area contributed by atoms with Crippen molar-refractivity contribution >= 4 is 44.2 Å². The monoisotopic (exact) mass is 322 g/mol. The molecule has 1 aromatic carbocycles. The topological polar surface area (TPSA) is 42.0 Å². The highest BCUT2D eigenvalue weighted by molar-refractivity contribution is 7.22. The third-order valence-electron chi connectivity index (χ3n) is 4.10. The molecule has 1 aromatic heterocycles. The summed E-state index contributed by atoms with van der Waals surface area (Å²) in [5.41, 5.74) is 0.881. The Balaban J connectivity index is 1.55. The lowest BCUT2D eigenvalue weighted by atomic mass is 9.86. The third kappa shape index (κ3) is 3.95. The molecule has 0 radical (unpaired) electrons. The zero-order chi connectivity index (χ0) is 14.7. The fourth-order valence-corrected chi connectivity index (χ4v) is 4.10. The van der Waals surface area contributed by atoms with Gasteiger partial charge >= 0.3 is 0 Å². The number of thiazole rings is 1. The first-order valence-corrected chi connectivity index (χ1v) is 8.76. The van der Waals surface area contributed by atoms with Crippen LogP contribution >= 0.6 is 22.9 Å². The van der Waals surface area contributed by atoms with Crippen molar-refractivity contribution in [1.82, 2.24) is 4.98 Å². The van der Waals surface area contributed by atoms with Crippen molar-refractivity contribution in [2.45, 2.75) is 44.9 Å². The molecule has 1 fully saturated rings. The number of rotatable bonds is 4. The first-order valence-electron chi connectivity index (χ1n) is 7.56. The molecule has 112 valence electrons. The van der Waals surface area contributed by atoms with Crippen molar-refractivity contribution in [3.05, 3.63) is 23.2 Å². The van der Waals surface area contributed by atoms with Gasteiger partial charge in [-0.1, -0.05) is 55.0 Å². The van der Waals surface area contributed by atoms with Crippen LogP contribution in [0.25, 0.3) is 10.2 Å². The van der Waals surface area contributed by atoms with Gasteiger partial charge in [0.2, 0.25) is 5.91 Å². The van der Waals surface area contributed by atoms with Gasteiger partial charge in [-0.25, -0.2) is 4.98 Å². The number of nitrogens with zero attached hydrogens (tertiary/aromatic N) is 1. The maximum atomic E-state index is 12.0. The summed E-state index contributed by atoms with van der Waals surface area (Å²) >= 11 is 7.43. The van der Waals surface area contributed by atoms with Gasteiger partial charge in [-0.05, 0) is 30.5 Å². The van der Waals surface area contributed by atoms with Gasteiger partial charge in [0.15, 0.2) is 5.13 Å². The summed E-state index contributed by atoms with van der Waals surface area (Å²) in [6.07, 6.45) is 8.18. The van der Waals surface area contributed by atoms with Crippen LogP contribution in [0.5, 0.6) is 0 Å². The average molecular weight is 323 g/mol. The average Bonchev–Trinajstić information content (AvgIpc) is 2.87. The lowest BCUT2D eigenvalue weighted by Gasteiger charge is -2.20. The quantitative estimate of drug-likeness (QED) is 0.835. The van der Waals surface area contributed by atoms with Crippen molar-refractivity contribution in [2.24, 2.45) is 5.92 Å². The van der Waals surface area contributed by atoms with E-state index in [-0.39, 0.29) is 5.91 Å². The van der Waals surface area contributed by atoms with E-state index in [1.54, 1.807) is 0 Å². The van der Waals surface area contributed by atoms with Crippen molar-refractivity contribution in [1.29, 1.82) is 0 Å². The molecule has 1 aliphatic rings. The molecule has 3 rings (SSSR count). The number of fused-ring (bicyclic) bond motifs is 1. The van der Waals surface area contributed by atoms with E-state index < -0.39 is 0 Å². The Kier molecular flexibility index (Phi) is 4.76. The Morgan fingerprint density at radius 1 is 1.33 bits per heavy atom. The molecule has 1 amide bonds. The summed E-state index contributed by atoms with van der Waals surface area (Å²) in [6.45, 7) is 0. The first-order chi connectivity index (χ1) is 10.2. The summed E-state index contributed by atoms with van der Waals surface area (Å²) in [4.78, 5) is 16.4. The lowest BCUT2D eigenvalue weighted by molar-refractivity contribution is -0.116. The minimum Gasteiger partial charge on any atom is -0.302 e. The molecule has 0 saturated heterocycles. The predicted octanol–water partition coefficient (Wildman–Crippen LogP) is 5.25. The zero-order valence-electron chi connectivity index (χ0n) is 11.9. The molecule has 0 atom stereocenters. The highest BCUT2D eigenvalue weighted by Gasteiger charge is 2.15. The number of hydrogen-bond donors (Lipinski definition) is 1. The van der Waals surface area contributed by atoms with Crippen LogP contribution < -0.4 is 5.32 Å². The fourth-order valence-electron chi connectivity index (χ4n) is 2.94. The minimum absolute atomic E-state index is 0.0747. The Bertz CT molecular complexity index is 634. The SMILES string of the molecule is O=C(CCC1CCCCC1)Nc1nc2ccc(Cl)cc2s1. The largest absolute Gasteiger partial charge is 0.302 e. The Morgan fingerprint density at radius 2 is 2.14 bits per heavy atom. The van der Waals surface area contributed by atoms with Gasteiger partial charge in [0.1, 0.15) is 0 Å². The smallest absolute Gasteiger partial charge is 0.226 e. The second-order valence-electron chi connectivity index (χ2n) is 5.72. The molecule has 2 aromatic rings. The number of halogens is 1. The number of aromatic nitrogens is 1. The van der Waals surface area contributed by atoms with Crippen molar-refractivity contribution in [2.75, 3.05) is 5.32 Å². The van der Waals surface area contributed by atoms with Crippen LogP contribution in [0.3, 0.4) is 0 Å². The maximum absolute atomic E-state index is 12.0. The van der Waals surface area contributed by atoms with Crippen molar-refractivity contribution in [3.63, 3.8) is 0 Å². The van der Waals surface area contributed by atoms with Crippen LogP contribution in [0.4, 0.5) is 5.13 Å². The fraction of sp³-hybridized carbons (Fsp3) is 0.500. The summed E-state index contributed by atoms with van der Waals surface area (Å²) in [7, 11) is 0. The summed E-state index contributed by atoms with van der Waals surface area (Å²) in [5, 5.41) is 4.28. The van der Waals surface area contributed by atoms with E-state index in [9.17, 15) is 4.79 Å². The molecule has 1 aliphatic carbocycles.